The lowest BCUT2D eigenvalue weighted by molar-refractivity contribution is 0.0920. The van der Waals surface area contributed by atoms with Gasteiger partial charge < -0.3 is 15.4 Å². The third-order valence-electron chi connectivity index (χ3n) is 5.19. The summed E-state index contributed by atoms with van der Waals surface area (Å²) < 4.78 is 5.59. The molecule has 1 aliphatic heterocycles. The first kappa shape index (κ1) is 16.3. The smallest absolute Gasteiger partial charge is 0.179 e. The number of anilines is 1. The topological polar surface area (TPSA) is 50.4 Å². The summed E-state index contributed by atoms with van der Waals surface area (Å²) in [5.74, 6) is 1.69. The molecule has 3 unspecified atom stereocenters. The molecule has 2 N–H and O–H groups in total. The molecular formula is C19H28N2O2. The lowest BCUT2D eigenvalue weighted by Gasteiger charge is -2.32. The second kappa shape index (κ2) is 7.35. The number of nitrogens with one attached hydrogen (secondary N) is 2. The lowest BCUT2D eigenvalue weighted by atomic mass is 9.85. The van der Waals surface area contributed by atoms with E-state index in [1.165, 1.54) is 25.7 Å². The summed E-state index contributed by atoms with van der Waals surface area (Å²) >= 11 is 0. The van der Waals surface area contributed by atoms with E-state index in [4.69, 9.17) is 4.74 Å². The highest BCUT2D eigenvalue weighted by molar-refractivity contribution is 6.01. The number of hydrogen-bond acceptors (Lipinski definition) is 4. The number of hydrogen-bond donors (Lipinski definition) is 2. The van der Waals surface area contributed by atoms with Gasteiger partial charge in [-0.15, -0.1) is 0 Å². The second-order valence-electron chi connectivity index (χ2n) is 6.85. The van der Waals surface area contributed by atoms with E-state index >= 15 is 0 Å². The van der Waals surface area contributed by atoms with Crippen LogP contribution in [-0.4, -0.2) is 31.0 Å². The summed E-state index contributed by atoms with van der Waals surface area (Å²) in [7, 11) is 0. The van der Waals surface area contributed by atoms with Crippen LogP contribution in [0.5, 0.6) is 5.75 Å². The van der Waals surface area contributed by atoms with E-state index in [2.05, 4.69) is 24.5 Å². The molecule has 2 aliphatic rings. The molecular weight excluding hydrogens is 288 g/mol. The van der Waals surface area contributed by atoms with E-state index < -0.39 is 0 Å². The Labute approximate surface area is 139 Å². The third-order valence-corrected chi connectivity index (χ3v) is 5.19. The van der Waals surface area contributed by atoms with E-state index in [-0.39, 0.29) is 11.8 Å². The number of rotatable bonds is 5. The Kier molecular flexibility index (Phi) is 5.21. The minimum Gasteiger partial charge on any atom is -0.490 e. The largest absolute Gasteiger partial charge is 0.490 e. The molecule has 126 valence electrons. The van der Waals surface area contributed by atoms with Gasteiger partial charge in [0.1, 0.15) is 12.4 Å². The molecule has 4 nitrogen and oxygen atoms in total. The Morgan fingerprint density at radius 1 is 1.39 bits per heavy atom. The van der Waals surface area contributed by atoms with Gasteiger partial charge in [0.2, 0.25) is 0 Å². The van der Waals surface area contributed by atoms with Crippen LogP contribution in [0.4, 0.5) is 5.69 Å². The van der Waals surface area contributed by atoms with Crippen molar-refractivity contribution in [1.29, 1.82) is 0 Å². The molecule has 1 fully saturated rings. The van der Waals surface area contributed by atoms with Gasteiger partial charge in [-0.1, -0.05) is 26.7 Å². The van der Waals surface area contributed by atoms with Gasteiger partial charge in [-0.3, -0.25) is 4.79 Å². The lowest BCUT2D eigenvalue weighted by Crippen LogP contribution is -2.47. The maximum atomic E-state index is 12.9. The van der Waals surface area contributed by atoms with Crippen LogP contribution >= 0.6 is 0 Å². The minimum atomic E-state index is -0.0943. The van der Waals surface area contributed by atoms with Crippen molar-refractivity contribution in [2.75, 3.05) is 18.5 Å². The molecule has 0 saturated heterocycles. The molecule has 0 radical (unpaired) electrons. The van der Waals surface area contributed by atoms with Crippen molar-refractivity contribution >= 4 is 11.5 Å². The van der Waals surface area contributed by atoms with Gasteiger partial charge in [0, 0.05) is 18.2 Å². The highest BCUT2D eigenvalue weighted by atomic mass is 16.5. The Balaban J connectivity index is 1.71. The first-order valence-electron chi connectivity index (χ1n) is 9.00. The van der Waals surface area contributed by atoms with Crippen LogP contribution in [0.25, 0.3) is 0 Å². The van der Waals surface area contributed by atoms with Crippen LogP contribution in [0.15, 0.2) is 18.2 Å². The van der Waals surface area contributed by atoms with Gasteiger partial charge >= 0.3 is 0 Å². The Morgan fingerprint density at radius 3 is 3.00 bits per heavy atom. The molecule has 1 saturated carbocycles. The molecule has 3 atom stereocenters. The van der Waals surface area contributed by atoms with Crippen LogP contribution in [0.2, 0.25) is 0 Å². The van der Waals surface area contributed by atoms with Gasteiger partial charge in [-0.05, 0) is 43.4 Å². The summed E-state index contributed by atoms with van der Waals surface area (Å²) in [6.07, 6.45) is 5.86. The maximum absolute atomic E-state index is 12.9. The summed E-state index contributed by atoms with van der Waals surface area (Å²) in [5, 5.41) is 6.94. The van der Waals surface area contributed by atoms with E-state index in [0.717, 1.165) is 30.0 Å². The highest BCUT2D eigenvalue weighted by Gasteiger charge is 2.27. The number of carbonyl (C=O) groups is 1. The average molecular weight is 316 g/mol. The monoisotopic (exact) mass is 316 g/mol. The van der Waals surface area contributed by atoms with Crippen molar-refractivity contribution in [1.82, 2.24) is 5.32 Å². The first-order valence-corrected chi connectivity index (χ1v) is 9.00. The molecule has 1 heterocycles. The van der Waals surface area contributed by atoms with Gasteiger partial charge in [0.05, 0.1) is 11.7 Å². The average Bonchev–Trinajstić information content (AvgIpc) is 2.60. The standard InChI is InChI=1S/C19H28N2O2/c1-3-15(21-16-7-5-4-6-13(16)2)19(22)14-8-9-18-17(12-14)20-10-11-23-18/h8-9,12-13,15-16,20-21H,3-7,10-11H2,1-2H3. The second-order valence-corrected chi connectivity index (χ2v) is 6.85. The van der Waals surface area contributed by atoms with Crippen LogP contribution < -0.4 is 15.4 Å². The molecule has 4 heteroatoms. The molecule has 23 heavy (non-hydrogen) atoms. The van der Waals surface area contributed by atoms with Gasteiger partial charge in [0.15, 0.2) is 5.78 Å². The van der Waals surface area contributed by atoms with Crippen LogP contribution in [0.3, 0.4) is 0 Å². The fourth-order valence-corrected chi connectivity index (χ4v) is 3.70. The van der Waals surface area contributed by atoms with E-state index in [9.17, 15) is 4.79 Å². The zero-order chi connectivity index (χ0) is 16.2. The third kappa shape index (κ3) is 3.69. The minimum absolute atomic E-state index is 0.0943. The number of ether oxygens (including phenoxy) is 1. The van der Waals surface area contributed by atoms with E-state index in [1.807, 2.05) is 18.2 Å². The zero-order valence-electron chi connectivity index (χ0n) is 14.2. The molecule has 3 rings (SSSR count). The quantitative estimate of drug-likeness (QED) is 0.815. The number of ketones is 1. The van der Waals surface area contributed by atoms with Crippen molar-refractivity contribution in [3.8, 4) is 5.75 Å². The van der Waals surface area contributed by atoms with Crippen LogP contribution in [0.1, 0.15) is 56.3 Å². The molecule has 0 bridgehead atoms. The highest BCUT2D eigenvalue weighted by Crippen LogP contribution is 2.29. The Morgan fingerprint density at radius 2 is 2.22 bits per heavy atom. The number of fused-ring (bicyclic) bond motifs is 1. The predicted octanol–water partition coefficient (Wildman–Crippen LogP) is 3.62. The number of Topliss-reactive ketones (excluding diaryl/α,β-unsaturated/α-hetero) is 1. The fourth-order valence-electron chi connectivity index (χ4n) is 3.70. The first-order chi connectivity index (χ1) is 11.2. The van der Waals surface area contributed by atoms with Gasteiger partial charge in [-0.25, -0.2) is 0 Å². The van der Waals surface area contributed by atoms with Crippen molar-refractivity contribution < 1.29 is 9.53 Å². The van der Waals surface area contributed by atoms with Crippen molar-refractivity contribution in [2.45, 2.75) is 58.0 Å². The number of benzene rings is 1. The summed E-state index contributed by atoms with van der Waals surface area (Å²) in [6, 6.07) is 6.11. The molecule has 1 aromatic carbocycles. The number of carbonyl (C=O) groups excluding carboxylic acids is 1. The van der Waals surface area contributed by atoms with Crippen LogP contribution in [-0.2, 0) is 0 Å². The maximum Gasteiger partial charge on any atom is 0.179 e. The zero-order valence-corrected chi connectivity index (χ0v) is 14.2. The van der Waals surface area contributed by atoms with Crippen molar-refractivity contribution in [2.24, 2.45) is 5.92 Å². The van der Waals surface area contributed by atoms with Crippen molar-refractivity contribution in [3.63, 3.8) is 0 Å². The van der Waals surface area contributed by atoms with Crippen molar-refractivity contribution in [3.05, 3.63) is 23.8 Å². The Hall–Kier alpha value is -1.55. The summed E-state index contributed by atoms with van der Waals surface area (Å²) in [4.78, 5) is 12.9. The normalized spacial score (nSPS) is 25.0. The molecule has 1 aromatic rings. The molecule has 0 spiro atoms. The van der Waals surface area contributed by atoms with E-state index in [0.29, 0.717) is 18.6 Å². The predicted molar refractivity (Wildman–Crippen MR) is 93.4 cm³/mol. The molecule has 1 aliphatic carbocycles. The summed E-state index contributed by atoms with van der Waals surface area (Å²) in [5.41, 5.74) is 1.70. The molecule has 0 aromatic heterocycles. The summed E-state index contributed by atoms with van der Waals surface area (Å²) in [6.45, 7) is 5.86. The SMILES string of the molecule is CCC(NC1CCCCC1C)C(=O)c1ccc2c(c1)NCCO2. The van der Waals surface area contributed by atoms with Gasteiger partial charge in [0.25, 0.3) is 0 Å². The Bertz CT molecular complexity index is 558. The van der Waals surface area contributed by atoms with Crippen LogP contribution in [0, 0.1) is 5.92 Å². The van der Waals surface area contributed by atoms with Gasteiger partial charge in [-0.2, -0.15) is 0 Å². The fraction of sp³-hybridized carbons (Fsp3) is 0.632. The molecule has 0 amide bonds. The van der Waals surface area contributed by atoms with E-state index in [1.54, 1.807) is 0 Å².